The molecule has 7 nitrogen and oxygen atoms in total. The number of sulfonamides is 1. The number of amides is 1. The lowest BCUT2D eigenvalue weighted by Gasteiger charge is -2.15. The number of aromatic nitrogens is 1. The monoisotopic (exact) mass is 403 g/mol. The van der Waals surface area contributed by atoms with E-state index < -0.39 is 34.8 Å². The summed E-state index contributed by atoms with van der Waals surface area (Å²) in [7, 11) is -3.81. The Balaban J connectivity index is 1.99. The van der Waals surface area contributed by atoms with Crippen LogP contribution >= 0.6 is 0 Å². The van der Waals surface area contributed by atoms with E-state index in [1.807, 2.05) is 0 Å². The van der Waals surface area contributed by atoms with Gasteiger partial charge in [-0.25, -0.2) is 18.5 Å². The average molecular weight is 403 g/mol. The smallest absolute Gasteiger partial charge is 0.422 e. The Kier molecular flexibility index (Phi) is 6.06. The minimum absolute atomic E-state index is 0.0524. The largest absolute Gasteiger partial charge is 0.468 e. The number of rotatable bonds is 6. The third-order valence-electron chi connectivity index (χ3n) is 3.44. The third-order valence-corrected chi connectivity index (χ3v) is 4.37. The van der Waals surface area contributed by atoms with Crippen LogP contribution in [0.25, 0.3) is 0 Å². The van der Waals surface area contributed by atoms with Crippen LogP contribution in [0.2, 0.25) is 0 Å². The van der Waals surface area contributed by atoms with Gasteiger partial charge in [-0.15, -0.1) is 0 Å². The van der Waals surface area contributed by atoms with Crippen LogP contribution in [0.3, 0.4) is 0 Å². The van der Waals surface area contributed by atoms with Crippen LogP contribution in [0.15, 0.2) is 47.5 Å². The Hall–Kier alpha value is -2.66. The Morgan fingerprint density at radius 2 is 1.85 bits per heavy atom. The number of carbonyl (C=O) groups is 1. The van der Waals surface area contributed by atoms with Crippen LogP contribution in [0.4, 0.5) is 13.2 Å². The van der Waals surface area contributed by atoms with E-state index in [1.54, 1.807) is 6.92 Å². The molecule has 27 heavy (non-hydrogen) atoms. The topological polar surface area (TPSA) is 111 Å². The number of alkyl halides is 3. The summed E-state index contributed by atoms with van der Waals surface area (Å²) in [4.78, 5) is 15.8. The highest BCUT2D eigenvalue weighted by molar-refractivity contribution is 7.89. The number of benzene rings is 1. The van der Waals surface area contributed by atoms with Crippen LogP contribution in [-0.4, -0.2) is 32.1 Å². The van der Waals surface area contributed by atoms with Crippen molar-refractivity contribution in [3.63, 3.8) is 0 Å². The molecule has 2 rings (SSSR count). The van der Waals surface area contributed by atoms with Crippen molar-refractivity contribution in [1.82, 2.24) is 10.3 Å². The lowest BCUT2D eigenvalue weighted by Crippen LogP contribution is -2.27. The lowest BCUT2D eigenvalue weighted by atomic mass is 10.1. The van der Waals surface area contributed by atoms with Gasteiger partial charge in [-0.2, -0.15) is 13.2 Å². The van der Waals surface area contributed by atoms with Crippen molar-refractivity contribution in [3.8, 4) is 5.88 Å². The van der Waals surface area contributed by atoms with Gasteiger partial charge in [0.2, 0.25) is 15.9 Å². The highest BCUT2D eigenvalue weighted by atomic mass is 32.2. The quantitative estimate of drug-likeness (QED) is 0.768. The molecule has 0 radical (unpaired) electrons. The molecule has 3 N–H and O–H groups in total. The molecule has 1 aromatic carbocycles. The van der Waals surface area contributed by atoms with Crippen molar-refractivity contribution in [1.29, 1.82) is 0 Å². The second kappa shape index (κ2) is 7.92. The van der Waals surface area contributed by atoms with Gasteiger partial charge in [0.15, 0.2) is 6.61 Å². The number of pyridine rings is 1. The molecule has 2 aromatic rings. The van der Waals surface area contributed by atoms with Crippen molar-refractivity contribution < 1.29 is 31.1 Å². The number of hydrogen-bond acceptors (Lipinski definition) is 5. The first-order valence-electron chi connectivity index (χ1n) is 7.55. The maximum absolute atomic E-state index is 12.2. The van der Waals surface area contributed by atoms with Crippen LogP contribution in [0.1, 0.15) is 28.9 Å². The summed E-state index contributed by atoms with van der Waals surface area (Å²) in [5.74, 6) is -0.761. The normalized spacial score (nSPS) is 13.1. The molecule has 0 bridgehead atoms. The molecule has 11 heteroatoms. The van der Waals surface area contributed by atoms with Gasteiger partial charge >= 0.3 is 6.18 Å². The summed E-state index contributed by atoms with van der Waals surface area (Å²) in [6, 6.07) is 7.64. The van der Waals surface area contributed by atoms with Gasteiger partial charge in [0.05, 0.1) is 16.5 Å². The summed E-state index contributed by atoms with van der Waals surface area (Å²) in [6.45, 7) is 0.204. The van der Waals surface area contributed by atoms with Gasteiger partial charge in [-0.1, -0.05) is 12.1 Å². The highest BCUT2D eigenvalue weighted by Crippen LogP contribution is 2.18. The van der Waals surface area contributed by atoms with Crippen LogP contribution < -0.4 is 15.2 Å². The van der Waals surface area contributed by atoms with E-state index in [-0.39, 0.29) is 16.3 Å². The molecule has 0 saturated carbocycles. The molecule has 1 heterocycles. The number of primary sulfonamides is 1. The van der Waals surface area contributed by atoms with Gasteiger partial charge in [-0.3, -0.25) is 4.79 Å². The molecule has 1 amide bonds. The molecular weight excluding hydrogens is 387 g/mol. The Morgan fingerprint density at radius 1 is 1.22 bits per heavy atom. The predicted molar refractivity (Wildman–Crippen MR) is 89.5 cm³/mol. The molecule has 1 atom stereocenters. The molecule has 0 aliphatic carbocycles. The van der Waals surface area contributed by atoms with E-state index in [1.165, 1.54) is 30.3 Å². The molecular formula is C16H16F3N3O4S. The van der Waals surface area contributed by atoms with E-state index in [9.17, 15) is 26.4 Å². The fourth-order valence-electron chi connectivity index (χ4n) is 2.07. The zero-order valence-electron chi connectivity index (χ0n) is 14.0. The van der Waals surface area contributed by atoms with Gasteiger partial charge in [0, 0.05) is 12.3 Å². The molecule has 0 aliphatic rings. The number of nitrogens with zero attached hydrogens (tertiary/aromatic N) is 1. The van der Waals surface area contributed by atoms with Crippen LogP contribution in [0, 0.1) is 0 Å². The van der Waals surface area contributed by atoms with E-state index in [4.69, 9.17) is 5.14 Å². The van der Waals surface area contributed by atoms with Gasteiger partial charge in [-0.05, 0) is 30.7 Å². The molecule has 1 aromatic heterocycles. The van der Waals surface area contributed by atoms with Crippen LogP contribution in [-0.2, 0) is 10.0 Å². The van der Waals surface area contributed by atoms with E-state index >= 15 is 0 Å². The highest BCUT2D eigenvalue weighted by Gasteiger charge is 2.28. The zero-order valence-corrected chi connectivity index (χ0v) is 14.8. The number of hydrogen-bond donors (Lipinski definition) is 2. The molecule has 0 saturated heterocycles. The first kappa shape index (κ1) is 20.6. The Bertz CT molecular complexity index is 898. The Morgan fingerprint density at radius 3 is 2.33 bits per heavy atom. The van der Waals surface area contributed by atoms with Crippen molar-refractivity contribution in [2.24, 2.45) is 5.14 Å². The lowest BCUT2D eigenvalue weighted by molar-refractivity contribution is -0.154. The summed E-state index contributed by atoms with van der Waals surface area (Å²) < 4.78 is 63.2. The zero-order chi connectivity index (χ0) is 20.2. The maximum atomic E-state index is 12.2. The standard InChI is InChI=1S/C16H16F3N3O4S/c1-10(11-2-5-13(6-3-11)27(20,24)25)22-15(23)12-4-7-14(21-8-12)26-9-16(17,18)19/h2-8,10H,9H2,1H3,(H,22,23)(H2,20,24,25). The first-order valence-corrected chi connectivity index (χ1v) is 9.09. The molecule has 146 valence electrons. The predicted octanol–water partition coefficient (Wildman–Crippen LogP) is 2.16. The van der Waals surface area contributed by atoms with Crippen molar-refractivity contribution in [2.45, 2.75) is 24.0 Å². The summed E-state index contributed by atoms with van der Waals surface area (Å²) in [5.41, 5.74) is 0.760. The number of nitrogens with two attached hydrogens (primary N) is 1. The fraction of sp³-hybridized carbons (Fsp3) is 0.250. The molecule has 0 fully saturated rings. The average Bonchev–Trinajstić information content (AvgIpc) is 2.59. The number of ether oxygens (including phenoxy) is 1. The van der Waals surface area contributed by atoms with Crippen LogP contribution in [0.5, 0.6) is 5.88 Å². The first-order chi connectivity index (χ1) is 12.5. The van der Waals surface area contributed by atoms with Gasteiger partial charge < -0.3 is 10.1 Å². The minimum atomic E-state index is -4.48. The maximum Gasteiger partial charge on any atom is 0.422 e. The van der Waals surface area contributed by atoms with Gasteiger partial charge in [0.25, 0.3) is 5.91 Å². The van der Waals surface area contributed by atoms with E-state index in [0.717, 1.165) is 12.3 Å². The number of halogens is 3. The molecule has 1 unspecified atom stereocenters. The number of nitrogens with one attached hydrogen (secondary N) is 1. The second-order valence-corrected chi connectivity index (χ2v) is 7.16. The second-order valence-electron chi connectivity index (χ2n) is 5.60. The summed E-state index contributed by atoms with van der Waals surface area (Å²) in [6.07, 6.45) is -3.39. The minimum Gasteiger partial charge on any atom is -0.468 e. The summed E-state index contributed by atoms with van der Waals surface area (Å²) in [5, 5.41) is 7.69. The van der Waals surface area contributed by atoms with E-state index in [0.29, 0.717) is 5.56 Å². The van der Waals surface area contributed by atoms with Crippen molar-refractivity contribution >= 4 is 15.9 Å². The third kappa shape index (κ3) is 6.22. The Labute approximate surface area is 153 Å². The molecule has 0 aliphatic heterocycles. The van der Waals surface area contributed by atoms with E-state index in [2.05, 4.69) is 15.0 Å². The SMILES string of the molecule is CC(NC(=O)c1ccc(OCC(F)(F)F)nc1)c1ccc(S(N)(=O)=O)cc1. The van der Waals surface area contributed by atoms with Crippen molar-refractivity contribution in [3.05, 3.63) is 53.7 Å². The van der Waals surface area contributed by atoms with Crippen molar-refractivity contribution in [2.75, 3.05) is 6.61 Å². The fourth-order valence-corrected chi connectivity index (χ4v) is 2.58. The number of carbonyl (C=O) groups excluding carboxylic acids is 1. The summed E-state index contributed by atoms with van der Waals surface area (Å²) >= 11 is 0. The van der Waals surface area contributed by atoms with Gasteiger partial charge in [0.1, 0.15) is 0 Å². The molecule has 0 spiro atoms.